The monoisotopic (exact) mass is 395 g/mol. The van der Waals surface area contributed by atoms with Crippen molar-refractivity contribution in [1.82, 2.24) is 0 Å². The Morgan fingerprint density at radius 2 is 1.81 bits per heavy atom. The number of hydrogen-bond acceptors (Lipinski definition) is 6. The van der Waals surface area contributed by atoms with Crippen LogP contribution < -0.4 is 14.8 Å². The molecule has 2 aromatic rings. The predicted octanol–water partition coefficient (Wildman–Crippen LogP) is 3.87. The number of ether oxygens (including phenoxy) is 3. The molecule has 0 radical (unpaired) electrons. The molecule has 0 heterocycles. The van der Waals surface area contributed by atoms with Crippen molar-refractivity contribution in [2.75, 3.05) is 32.4 Å². The fraction of sp³-hybridized carbons (Fsp3) is 0.222. The Labute approximate surface area is 160 Å². The summed E-state index contributed by atoms with van der Waals surface area (Å²) in [6.45, 7) is -0.437. The second kappa shape index (κ2) is 9.35. The largest absolute Gasteiger partial charge is 0.493 e. The van der Waals surface area contributed by atoms with Crippen molar-refractivity contribution in [1.29, 1.82) is 0 Å². The maximum Gasteiger partial charge on any atom is 0.340 e. The van der Waals surface area contributed by atoms with Gasteiger partial charge >= 0.3 is 5.97 Å². The molecule has 6 nitrogen and oxygen atoms in total. The number of amides is 1. The summed E-state index contributed by atoms with van der Waals surface area (Å²) in [5, 5.41) is 2.89. The maximum atomic E-state index is 12.1. The van der Waals surface area contributed by atoms with Gasteiger partial charge in [0.05, 0.1) is 24.8 Å². The van der Waals surface area contributed by atoms with E-state index in [1.807, 2.05) is 6.26 Å². The first kappa shape index (κ1) is 19.9. The third-order valence-corrected chi connectivity index (χ3v) is 4.45. The second-order valence-corrected chi connectivity index (χ2v) is 6.33. The summed E-state index contributed by atoms with van der Waals surface area (Å²) >= 11 is 7.49. The van der Waals surface area contributed by atoms with E-state index < -0.39 is 18.5 Å². The number of esters is 1. The lowest BCUT2D eigenvalue weighted by Gasteiger charge is -2.11. The molecule has 0 aliphatic rings. The average molecular weight is 396 g/mol. The molecule has 0 saturated heterocycles. The van der Waals surface area contributed by atoms with Crippen molar-refractivity contribution in [3.05, 3.63) is 47.0 Å². The zero-order valence-corrected chi connectivity index (χ0v) is 16.1. The summed E-state index contributed by atoms with van der Waals surface area (Å²) in [6, 6.07) is 9.97. The highest BCUT2D eigenvalue weighted by molar-refractivity contribution is 7.98. The second-order valence-electron chi connectivity index (χ2n) is 5.04. The van der Waals surface area contributed by atoms with Crippen molar-refractivity contribution in [2.45, 2.75) is 4.90 Å². The lowest BCUT2D eigenvalue weighted by atomic mass is 10.2. The van der Waals surface area contributed by atoms with Gasteiger partial charge in [-0.25, -0.2) is 4.79 Å². The van der Waals surface area contributed by atoms with Gasteiger partial charge in [-0.1, -0.05) is 11.6 Å². The van der Waals surface area contributed by atoms with Crippen LogP contribution in [0.2, 0.25) is 5.02 Å². The van der Waals surface area contributed by atoms with E-state index in [1.165, 1.54) is 26.0 Å². The Balaban J connectivity index is 1.97. The minimum absolute atomic E-state index is 0.220. The van der Waals surface area contributed by atoms with Gasteiger partial charge in [0.25, 0.3) is 5.91 Å². The summed E-state index contributed by atoms with van der Waals surface area (Å²) in [6.07, 6.45) is 1.88. The Morgan fingerprint density at radius 1 is 1.08 bits per heavy atom. The molecule has 0 saturated carbocycles. The van der Waals surface area contributed by atoms with E-state index >= 15 is 0 Å². The quantitative estimate of drug-likeness (QED) is 0.566. The van der Waals surface area contributed by atoms with Crippen LogP contribution >= 0.6 is 23.4 Å². The summed E-state index contributed by atoms with van der Waals surface area (Å²) in [5.41, 5.74) is 0.712. The number of carbonyl (C=O) groups is 2. The van der Waals surface area contributed by atoms with Crippen molar-refractivity contribution in [3.8, 4) is 11.5 Å². The van der Waals surface area contributed by atoms with E-state index in [-0.39, 0.29) is 10.6 Å². The van der Waals surface area contributed by atoms with Gasteiger partial charge in [-0.2, -0.15) is 0 Å². The van der Waals surface area contributed by atoms with Gasteiger partial charge in [0.2, 0.25) is 0 Å². The fourth-order valence-electron chi connectivity index (χ4n) is 2.11. The number of halogens is 1. The summed E-state index contributed by atoms with van der Waals surface area (Å²) in [5.74, 6) is -0.126. The first-order chi connectivity index (χ1) is 12.5. The summed E-state index contributed by atoms with van der Waals surface area (Å²) in [7, 11) is 3.02. The average Bonchev–Trinajstić information content (AvgIpc) is 2.66. The first-order valence-corrected chi connectivity index (χ1v) is 9.11. The van der Waals surface area contributed by atoms with Crippen molar-refractivity contribution in [3.63, 3.8) is 0 Å². The third kappa shape index (κ3) is 5.06. The molecule has 8 heteroatoms. The number of rotatable bonds is 7. The predicted molar refractivity (Wildman–Crippen MR) is 102 cm³/mol. The molecule has 0 aromatic heterocycles. The number of carbonyl (C=O) groups excluding carboxylic acids is 2. The fourth-order valence-corrected chi connectivity index (χ4v) is 2.74. The molecule has 0 aliphatic heterocycles. The first-order valence-electron chi connectivity index (χ1n) is 7.51. The van der Waals surface area contributed by atoms with Gasteiger partial charge in [-0.05, 0) is 36.6 Å². The van der Waals surface area contributed by atoms with Crippen LogP contribution in [0.4, 0.5) is 5.69 Å². The van der Waals surface area contributed by atoms with E-state index in [9.17, 15) is 9.59 Å². The van der Waals surface area contributed by atoms with E-state index in [0.29, 0.717) is 17.2 Å². The number of nitrogens with one attached hydrogen (secondary N) is 1. The third-order valence-electron chi connectivity index (χ3n) is 3.40. The van der Waals surface area contributed by atoms with Crippen LogP contribution in [-0.2, 0) is 9.53 Å². The highest BCUT2D eigenvalue weighted by Crippen LogP contribution is 2.29. The topological polar surface area (TPSA) is 73.9 Å². The number of hydrogen-bond donors (Lipinski definition) is 1. The molecule has 138 valence electrons. The molecule has 0 atom stereocenters. The lowest BCUT2D eigenvalue weighted by molar-refractivity contribution is -0.119. The molecule has 2 rings (SSSR count). The molecule has 1 N–H and O–H groups in total. The van der Waals surface area contributed by atoms with Gasteiger partial charge in [0.15, 0.2) is 18.1 Å². The van der Waals surface area contributed by atoms with E-state index in [2.05, 4.69) is 5.32 Å². The van der Waals surface area contributed by atoms with Crippen LogP contribution in [0.5, 0.6) is 11.5 Å². The van der Waals surface area contributed by atoms with Crippen molar-refractivity contribution in [2.24, 2.45) is 0 Å². The van der Waals surface area contributed by atoms with E-state index in [4.69, 9.17) is 25.8 Å². The van der Waals surface area contributed by atoms with Gasteiger partial charge < -0.3 is 19.5 Å². The molecule has 0 unspecified atom stereocenters. The Hall–Kier alpha value is -2.38. The maximum absolute atomic E-state index is 12.1. The summed E-state index contributed by atoms with van der Waals surface area (Å²) in [4.78, 5) is 25.0. The zero-order valence-electron chi connectivity index (χ0n) is 14.5. The van der Waals surface area contributed by atoms with Gasteiger partial charge in [-0.3, -0.25) is 4.79 Å². The van der Waals surface area contributed by atoms with Crippen LogP contribution in [0.25, 0.3) is 0 Å². The van der Waals surface area contributed by atoms with Crippen LogP contribution in [0, 0.1) is 0 Å². The van der Waals surface area contributed by atoms with E-state index in [1.54, 1.807) is 36.4 Å². The van der Waals surface area contributed by atoms with Crippen LogP contribution in [0.3, 0.4) is 0 Å². The number of methoxy groups -OCH3 is 2. The highest BCUT2D eigenvalue weighted by atomic mass is 35.5. The summed E-state index contributed by atoms with van der Waals surface area (Å²) < 4.78 is 15.3. The van der Waals surface area contributed by atoms with Crippen LogP contribution in [0.1, 0.15) is 10.4 Å². The molecule has 0 aliphatic carbocycles. The molecule has 1 amide bonds. The number of anilines is 1. The SMILES string of the molecule is COc1ccc(NC(=O)COC(=O)c2cc(SC)ccc2Cl)cc1OC. The van der Waals surface area contributed by atoms with E-state index in [0.717, 1.165) is 4.90 Å². The molecular weight excluding hydrogens is 378 g/mol. The molecular formula is C18H18ClNO5S. The van der Waals surface area contributed by atoms with Gasteiger partial charge in [-0.15, -0.1) is 11.8 Å². The van der Waals surface area contributed by atoms with Crippen molar-refractivity contribution >= 4 is 40.9 Å². The lowest BCUT2D eigenvalue weighted by Crippen LogP contribution is -2.21. The van der Waals surface area contributed by atoms with Crippen LogP contribution in [-0.4, -0.2) is 39.0 Å². The number of thioether (sulfide) groups is 1. The highest BCUT2D eigenvalue weighted by Gasteiger charge is 2.15. The molecule has 2 aromatic carbocycles. The number of benzene rings is 2. The normalized spacial score (nSPS) is 10.2. The standard InChI is InChI=1S/C18H18ClNO5S/c1-23-15-7-4-11(8-16(15)24-2)20-17(21)10-25-18(22)13-9-12(26-3)5-6-14(13)19/h4-9H,10H2,1-3H3,(H,20,21). The Morgan fingerprint density at radius 3 is 2.46 bits per heavy atom. The molecule has 0 bridgehead atoms. The minimum atomic E-state index is -0.659. The Kier molecular flexibility index (Phi) is 7.17. The molecule has 26 heavy (non-hydrogen) atoms. The van der Waals surface area contributed by atoms with Crippen LogP contribution in [0.15, 0.2) is 41.3 Å². The van der Waals surface area contributed by atoms with Gasteiger partial charge in [0.1, 0.15) is 0 Å². The van der Waals surface area contributed by atoms with Crippen molar-refractivity contribution < 1.29 is 23.8 Å². The Bertz CT molecular complexity index is 812. The smallest absolute Gasteiger partial charge is 0.340 e. The van der Waals surface area contributed by atoms with Gasteiger partial charge in [0, 0.05) is 16.6 Å². The molecule has 0 fully saturated rings. The molecule has 0 spiro atoms. The zero-order chi connectivity index (χ0) is 19.1. The minimum Gasteiger partial charge on any atom is -0.493 e.